The summed E-state index contributed by atoms with van der Waals surface area (Å²) in [6.45, 7) is 0. The number of benzene rings is 1. The van der Waals surface area contributed by atoms with Crippen LogP contribution in [-0.2, 0) is 0 Å². The maximum atomic E-state index is 12.3. The fraction of sp³-hybridized carbons (Fsp3) is 0.0714. The van der Waals surface area contributed by atoms with Gasteiger partial charge in [0.2, 0.25) is 11.3 Å². The minimum absolute atomic E-state index is 0.0257. The number of nitrogens with zero attached hydrogens (tertiary/aromatic N) is 2. The second-order valence-electron chi connectivity index (χ2n) is 4.11. The minimum Gasteiger partial charge on any atom is -0.497 e. The number of ether oxygens (including phenoxy) is 1. The van der Waals surface area contributed by atoms with E-state index in [1.54, 1.807) is 18.2 Å². The summed E-state index contributed by atoms with van der Waals surface area (Å²) in [5, 5.41) is 18.7. The Labute approximate surface area is 112 Å². The Kier molecular flexibility index (Phi) is 2.54. The lowest BCUT2D eigenvalue weighted by Crippen LogP contribution is -2.05. The molecule has 98 valence electrons. The molecule has 2 aromatic heterocycles. The Morgan fingerprint density at radius 1 is 1.35 bits per heavy atom. The van der Waals surface area contributed by atoms with Crippen LogP contribution in [0.1, 0.15) is 5.56 Å². The quantitative estimate of drug-likeness (QED) is 0.677. The lowest BCUT2D eigenvalue weighted by molar-refractivity contribution is 0.415. The Morgan fingerprint density at radius 2 is 2.15 bits per heavy atom. The molecule has 0 fully saturated rings. The average Bonchev–Trinajstić information content (AvgIpc) is 2.47. The van der Waals surface area contributed by atoms with Crippen LogP contribution in [0.4, 0.5) is 0 Å². The van der Waals surface area contributed by atoms with Crippen molar-refractivity contribution in [3.05, 3.63) is 40.1 Å². The first-order valence-electron chi connectivity index (χ1n) is 5.68. The standard InChI is InChI=1S/C14H8N2O4/c1-19-8-2-3-10-9(5-8)13(17)12-11(20-10)4-7(6-15)14(18)16-12/h2-5H,1H3,(H,16,18). The van der Waals surface area contributed by atoms with Crippen molar-refractivity contribution in [3.63, 3.8) is 0 Å². The number of methoxy groups -OCH3 is 1. The van der Waals surface area contributed by atoms with Gasteiger partial charge in [0.15, 0.2) is 11.1 Å². The van der Waals surface area contributed by atoms with E-state index in [4.69, 9.17) is 14.4 Å². The van der Waals surface area contributed by atoms with Crippen molar-refractivity contribution in [1.82, 2.24) is 4.98 Å². The number of pyridine rings is 1. The van der Waals surface area contributed by atoms with E-state index < -0.39 is 5.88 Å². The molecule has 0 saturated carbocycles. The summed E-state index contributed by atoms with van der Waals surface area (Å²) in [5.74, 6) is 0.0246. The van der Waals surface area contributed by atoms with Gasteiger partial charge < -0.3 is 14.3 Å². The van der Waals surface area contributed by atoms with Gasteiger partial charge in [-0.25, -0.2) is 4.98 Å². The molecule has 0 atom stereocenters. The van der Waals surface area contributed by atoms with Crippen LogP contribution in [0.3, 0.4) is 0 Å². The van der Waals surface area contributed by atoms with E-state index in [0.29, 0.717) is 16.7 Å². The third-order valence-corrected chi connectivity index (χ3v) is 2.95. The van der Waals surface area contributed by atoms with Crippen molar-refractivity contribution in [2.24, 2.45) is 0 Å². The number of hydrogen-bond donors (Lipinski definition) is 1. The third kappa shape index (κ3) is 1.65. The van der Waals surface area contributed by atoms with Crippen LogP contribution in [0.5, 0.6) is 11.6 Å². The highest BCUT2D eigenvalue weighted by atomic mass is 16.5. The Morgan fingerprint density at radius 3 is 2.85 bits per heavy atom. The Hall–Kier alpha value is -3.07. The molecule has 0 saturated heterocycles. The van der Waals surface area contributed by atoms with Gasteiger partial charge in [0.05, 0.1) is 12.5 Å². The summed E-state index contributed by atoms with van der Waals surface area (Å²) in [6.07, 6.45) is 0. The Bertz CT molecular complexity index is 938. The average molecular weight is 268 g/mol. The summed E-state index contributed by atoms with van der Waals surface area (Å²) in [4.78, 5) is 16.1. The first-order chi connectivity index (χ1) is 9.63. The smallest absolute Gasteiger partial charge is 0.230 e. The van der Waals surface area contributed by atoms with Gasteiger partial charge in [0.1, 0.15) is 23.0 Å². The molecule has 1 N–H and O–H groups in total. The van der Waals surface area contributed by atoms with Crippen molar-refractivity contribution < 1.29 is 14.3 Å². The molecule has 6 nitrogen and oxygen atoms in total. The molecule has 2 heterocycles. The molecule has 6 heteroatoms. The minimum atomic E-state index is -0.491. The lowest BCUT2D eigenvalue weighted by atomic mass is 10.2. The molecule has 0 aliphatic carbocycles. The molecule has 20 heavy (non-hydrogen) atoms. The summed E-state index contributed by atoms with van der Waals surface area (Å²) < 4.78 is 10.6. The van der Waals surface area contributed by atoms with Crippen molar-refractivity contribution in [2.75, 3.05) is 7.11 Å². The monoisotopic (exact) mass is 268 g/mol. The van der Waals surface area contributed by atoms with Gasteiger partial charge in [-0.2, -0.15) is 5.26 Å². The van der Waals surface area contributed by atoms with Gasteiger partial charge in [-0.1, -0.05) is 0 Å². The first-order valence-corrected chi connectivity index (χ1v) is 5.68. The van der Waals surface area contributed by atoms with Crippen molar-refractivity contribution in [2.45, 2.75) is 0 Å². The molecule has 0 spiro atoms. The van der Waals surface area contributed by atoms with E-state index in [-0.39, 0.29) is 22.1 Å². The molecule has 0 amide bonds. The van der Waals surface area contributed by atoms with Crippen molar-refractivity contribution >= 4 is 22.1 Å². The fourth-order valence-electron chi connectivity index (χ4n) is 1.96. The predicted molar refractivity (Wildman–Crippen MR) is 70.7 cm³/mol. The fourth-order valence-corrected chi connectivity index (χ4v) is 1.96. The number of hydrogen-bond acceptors (Lipinski definition) is 6. The lowest BCUT2D eigenvalue weighted by Gasteiger charge is -2.04. The van der Waals surface area contributed by atoms with Crippen molar-refractivity contribution in [3.8, 4) is 17.7 Å². The largest absolute Gasteiger partial charge is 0.497 e. The zero-order chi connectivity index (χ0) is 14.3. The number of rotatable bonds is 1. The number of nitriles is 1. The van der Waals surface area contributed by atoms with Gasteiger partial charge >= 0.3 is 0 Å². The van der Waals surface area contributed by atoms with E-state index in [9.17, 15) is 9.90 Å². The molecule has 3 aromatic rings. The van der Waals surface area contributed by atoms with E-state index in [1.165, 1.54) is 19.2 Å². The van der Waals surface area contributed by atoms with E-state index in [1.807, 2.05) is 0 Å². The summed E-state index contributed by atoms with van der Waals surface area (Å²) in [6, 6.07) is 7.88. The zero-order valence-corrected chi connectivity index (χ0v) is 10.4. The van der Waals surface area contributed by atoms with Gasteiger partial charge in [-0.15, -0.1) is 0 Å². The van der Waals surface area contributed by atoms with Gasteiger partial charge in [0, 0.05) is 6.07 Å². The number of fused-ring (bicyclic) bond motifs is 2. The van der Waals surface area contributed by atoms with E-state index in [2.05, 4.69) is 4.98 Å². The van der Waals surface area contributed by atoms with Crippen molar-refractivity contribution in [1.29, 1.82) is 5.26 Å². The second kappa shape index (κ2) is 4.24. The van der Waals surface area contributed by atoms with Crippen LogP contribution in [-0.4, -0.2) is 17.2 Å². The molecule has 0 bridgehead atoms. The highest BCUT2D eigenvalue weighted by Gasteiger charge is 2.13. The van der Waals surface area contributed by atoms with Crippen LogP contribution < -0.4 is 10.2 Å². The van der Waals surface area contributed by atoms with Crippen LogP contribution >= 0.6 is 0 Å². The van der Waals surface area contributed by atoms with Gasteiger partial charge in [-0.05, 0) is 18.2 Å². The highest BCUT2D eigenvalue weighted by molar-refractivity contribution is 5.89. The second-order valence-corrected chi connectivity index (χ2v) is 4.11. The molecule has 3 rings (SSSR count). The molecule has 0 radical (unpaired) electrons. The SMILES string of the molecule is COc1ccc2oc3cc(C#N)c(O)nc3c(=O)c2c1. The van der Waals surface area contributed by atoms with E-state index >= 15 is 0 Å². The van der Waals surface area contributed by atoms with Gasteiger partial charge in [-0.3, -0.25) is 4.79 Å². The topological polar surface area (TPSA) is 96.3 Å². The Balaban J connectivity index is 2.48. The summed E-state index contributed by atoms with van der Waals surface area (Å²) in [7, 11) is 1.49. The maximum absolute atomic E-state index is 12.3. The van der Waals surface area contributed by atoms with Crippen LogP contribution in [0.2, 0.25) is 0 Å². The molecule has 0 unspecified atom stereocenters. The number of aromatic nitrogens is 1. The molecule has 1 aromatic carbocycles. The number of aromatic hydroxyl groups is 1. The highest BCUT2D eigenvalue weighted by Crippen LogP contribution is 2.24. The molecule has 0 aliphatic rings. The molecular weight excluding hydrogens is 260 g/mol. The van der Waals surface area contributed by atoms with Gasteiger partial charge in [0.25, 0.3) is 0 Å². The summed E-state index contributed by atoms with van der Waals surface area (Å²) in [5.41, 5.74) is 0.0531. The predicted octanol–water partition coefficient (Wildman–Crippen LogP) is 1.93. The van der Waals surface area contributed by atoms with Crippen LogP contribution in [0.25, 0.3) is 22.1 Å². The van der Waals surface area contributed by atoms with Crippen LogP contribution in [0, 0.1) is 11.3 Å². The third-order valence-electron chi connectivity index (χ3n) is 2.95. The summed E-state index contributed by atoms with van der Waals surface area (Å²) >= 11 is 0. The zero-order valence-electron chi connectivity index (χ0n) is 10.4. The molecular formula is C14H8N2O4. The van der Waals surface area contributed by atoms with E-state index in [0.717, 1.165) is 0 Å². The molecule has 0 aliphatic heterocycles. The maximum Gasteiger partial charge on any atom is 0.230 e. The van der Waals surface area contributed by atoms with Crippen LogP contribution in [0.15, 0.2) is 33.5 Å². The normalized spacial score (nSPS) is 10.6. The first kappa shape index (κ1) is 12.0.